The van der Waals surface area contributed by atoms with Crippen LogP contribution in [0.15, 0.2) is 29.2 Å². The number of nitrogens with two attached hydrogens (primary N) is 1. The first-order valence-electron chi connectivity index (χ1n) is 9.36. The number of carbonyl (C=O) groups excluding carboxylic acids is 3. The number of thioether (sulfide) groups is 1. The number of nitrogens with one attached hydrogen (secondary N) is 1. The molecular weight excluding hydrogens is 362 g/mol. The van der Waals surface area contributed by atoms with E-state index in [4.69, 9.17) is 5.73 Å². The van der Waals surface area contributed by atoms with Crippen LogP contribution in [-0.4, -0.2) is 47.5 Å². The molecular formula is C20H29N3O3S. The van der Waals surface area contributed by atoms with Crippen LogP contribution < -0.4 is 11.1 Å². The summed E-state index contributed by atoms with van der Waals surface area (Å²) < 4.78 is 0. The summed E-state index contributed by atoms with van der Waals surface area (Å²) >= 11 is 1.54. The summed E-state index contributed by atoms with van der Waals surface area (Å²) in [6.45, 7) is 6.62. The minimum atomic E-state index is -0.621. The molecule has 1 saturated heterocycles. The van der Waals surface area contributed by atoms with Crippen molar-refractivity contribution in [2.45, 2.75) is 50.5 Å². The largest absolute Gasteiger partial charge is 0.369 e. The van der Waals surface area contributed by atoms with E-state index in [0.29, 0.717) is 31.2 Å². The first kappa shape index (κ1) is 21.3. The fourth-order valence-electron chi connectivity index (χ4n) is 3.18. The molecule has 1 fully saturated rings. The first-order valence-corrected chi connectivity index (χ1v) is 10.3. The van der Waals surface area contributed by atoms with E-state index in [9.17, 15) is 14.4 Å². The van der Waals surface area contributed by atoms with E-state index in [1.54, 1.807) is 4.90 Å². The average molecular weight is 392 g/mol. The standard InChI is InChI=1S/C20H29N3O3S/c1-13(2)15-6-8-17(9-7-15)27-12-18(22-14(3)24)20(26)23-10-4-5-16(11-23)19(21)25/h6-9,13,16,18H,4-5,10-12H2,1-3H3,(H2,21,25)(H,22,24). The molecule has 7 heteroatoms. The Balaban J connectivity index is 2.02. The van der Waals surface area contributed by atoms with Gasteiger partial charge in [0, 0.05) is 30.7 Å². The molecule has 2 rings (SSSR count). The molecule has 6 nitrogen and oxygen atoms in total. The lowest BCUT2D eigenvalue weighted by Gasteiger charge is -2.33. The van der Waals surface area contributed by atoms with Gasteiger partial charge in [-0.15, -0.1) is 11.8 Å². The van der Waals surface area contributed by atoms with Crippen LogP contribution in [0.5, 0.6) is 0 Å². The number of carbonyl (C=O) groups is 3. The van der Waals surface area contributed by atoms with E-state index in [1.165, 1.54) is 24.2 Å². The summed E-state index contributed by atoms with van der Waals surface area (Å²) in [5.41, 5.74) is 6.67. The molecule has 1 heterocycles. The van der Waals surface area contributed by atoms with Gasteiger partial charge in [0.25, 0.3) is 0 Å². The van der Waals surface area contributed by atoms with Crippen LogP contribution in [0.2, 0.25) is 0 Å². The molecule has 2 unspecified atom stereocenters. The molecule has 27 heavy (non-hydrogen) atoms. The monoisotopic (exact) mass is 391 g/mol. The van der Waals surface area contributed by atoms with Crippen LogP contribution in [0.3, 0.4) is 0 Å². The third-order valence-corrected chi connectivity index (χ3v) is 5.88. The smallest absolute Gasteiger partial charge is 0.246 e. The van der Waals surface area contributed by atoms with Crippen molar-refractivity contribution >= 4 is 29.5 Å². The van der Waals surface area contributed by atoms with Gasteiger partial charge in [-0.25, -0.2) is 0 Å². The van der Waals surface area contributed by atoms with Crippen molar-refractivity contribution in [3.05, 3.63) is 29.8 Å². The molecule has 0 bridgehead atoms. The molecule has 1 aliphatic heterocycles. The maximum Gasteiger partial charge on any atom is 0.246 e. The highest BCUT2D eigenvalue weighted by Gasteiger charge is 2.31. The van der Waals surface area contributed by atoms with Crippen molar-refractivity contribution in [3.63, 3.8) is 0 Å². The molecule has 0 radical (unpaired) electrons. The van der Waals surface area contributed by atoms with Crippen LogP contribution in [0.1, 0.15) is 45.1 Å². The lowest BCUT2D eigenvalue weighted by Crippen LogP contribution is -2.53. The Bertz CT molecular complexity index is 676. The van der Waals surface area contributed by atoms with Crippen LogP contribution in [0.4, 0.5) is 0 Å². The van der Waals surface area contributed by atoms with Gasteiger partial charge < -0.3 is 16.0 Å². The second-order valence-electron chi connectivity index (χ2n) is 7.31. The highest BCUT2D eigenvalue weighted by Crippen LogP contribution is 2.24. The zero-order valence-electron chi connectivity index (χ0n) is 16.2. The molecule has 148 valence electrons. The quantitative estimate of drug-likeness (QED) is 0.697. The minimum Gasteiger partial charge on any atom is -0.369 e. The van der Waals surface area contributed by atoms with Gasteiger partial charge in [-0.1, -0.05) is 26.0 Å². The molecule has 1 aliphatic rings. The van der Waals surface area contributed by atoms with Crippen molar-refractivity contribution in [1.29, 1.82) is 0 Å². The first-order chi connectivity index (χ1) is 12.8. The van der Waals surface area contributed by atoms with Crippen molar-refractivity contribution in [3.8, 4) is 0 Å². The number of hydrogen-bond acceptors (Lipinski definition) is 4. The van der Waals surface area contributed by atoms with Gasteiger partial charge in [-0.3, -0.25) is 14.4 Å². The summed E-state index contributed by atoms with van der Waals surface area (Å²) in [4.78, 5) is 38.7. The predicted octanol–water partition coefficient (Wildman–Crippen LogP) is 2.13. The molecule has 0 saturated carbocycles. The van der Waals surface area contributed by atoms with E-state index in [-0.39, 0.29) is 23.6 Å². The molecule has 1 aromatic rings. The molecule has 0 aliphatic carbocycles. The van der Waals surface area contributed by atoms with E-state index < -0.39 is 6.04 Å². The number of nitrogens with zero attached hydrogens (tertiary/aromatic N) is 1. The number of likely N-dealkylation sites (tertiary alicyclic amines) is 1. The Hall–Kier alpha value is -2.02. The maximum atomic E-state index is 12.9. The van der Waals surface area contributed by atoms with Crippen LogP contribution in [0.25, 0.3) is 0 Å². The lowest BCUT2D eigenvalue weighted by atomic mass is 9.97. The summed E-state index contributed by atoms with van der Waals surface area (Å²) in [5, 5.41) is 2.75. The fraction of sp³-hybridized carbons (Fsp3) is 0.550. The van der Waals surface area contributed by atoms with Gasteiger partial charge in [-0.2, -0.15) is 0 Å². The number of benzene rings is 1. The van der Waals surface area contributed by atoms with Gasteiger partial charge in [0.05, 0.1) is 5.92 Å². The van der Waals surface area contributed by atoms with Crippen LogP contribution in [0, 0.1) is 5.92 Å². The number of hydrogen-bond donors (Lipinski definition) is 2. The third-order valence-electron chi connectivity index (χ3n) is 4.77. The Morgan fingerprint density at radius 1 is 1.26 bits per heavy atom. The normalized spacial score (nSPS) is 18.2. The van der Waals surface area contributed by atoms with Crippen molar-refractivity contribution < 1.29 is 14.4 Å². The molecule has 0 aromatic heterocycles. The predicted molar refractivity (Wildman–Crippen MR) is 107 cm³/mol. The molecule has 0 spiro atoms. The Kier molecular flexibility index (Phi) is 7.71. The summed E-state index contributed by atoms with van der Waals surface area (Å²) in [6.07, 6.45) is 1.46. The summed E-state index contributed by atoms with van der Waals surface area (Å²) in [6, 6.07) is 7.64. The second-order valence-corrected chi connectivity index (χ2v) is 8.41. The highest BCUT2D eigenvalue weighted by atomic mass is 32.2. The fourth-order valence-corrected chi connectivity index (χ4v) is 4.09. The summed E-state index contributed by atoms with van der Waals surface area (Å²) in [7, 11) is 0. The van der Waals surface area contributed by atoms with E-state index >= 15 is 0 Å². The van der Waals surface area contributed by atoms with Gasteiger partial charge in [0.1, 0.15) is 6.04 Å². The zero-order valence-corrected chi connectivity index (χ0v) is 17.1. The van der Waals surface area contributed by atoms with Gasteiger partial charge in [-0.05, 0) is 36.5 Å². The number of primary amides is 1. The third kappa shape index (κ3) is 6.27. The van der Waals surface area contributed by atoms with Gasteiger partial charge in [0.2, 0.25) is 17.7 Å². The van der Waals surface area contributed by atoms with E-state index in [1.807, 2.05) is 12.1 Å². The lowest BCUT2D eigenvalue weighted by molar-refractivity contribution is -0.138. The van der Waals surface area contributed by atoms with Crippen molar-refractivity contribution in [2.75, 3.05) is 18.8 Å². The SMILES string of the molecule is CC(=O)NC(CSc1ccc(C(C)C)cc1)C(=O)N1CCCC(C(N)=O)C1. The van der Waals surface area contributed by atoms with Gasteiger partial charge >= 0.3 is 0 Å². The number of piperidine rings is 1. The van der Waals surface area contributed by atoms with Crippen molar-refractivity contribution in [2.24, 2.45) is 11.7 Å². The maximum absolute atomic E-state index is 12.9. The Morgan fingerprint density at radius 3 is 2.48 bits per heavy atom. The van der Waals surface area contributed by atoms with E-state index in [0.717, 1.165) is 11.3 Å². The highest BCUT2D eigenvalue weighted by molar-refractivity contribution is 7.99. The van der Waals surface area contributed by atoms with Crippen molar-refractivity contribution in [1.82, 2.24) is 10.2 Å². The van der Waals surface area contributed by atoms with Gasteiger partial charge in [0.15, 0.2) is 0 Å². The van der Waals surface area contributed by atoms with Crippen LogP contribution >= 0.6 is 11.8 Å². The summed E-state index contributed by atoms with van der Waals surface area (Å²) in [5.74, 6) is -0.165. The molecule has 1 aromatic carbocycles. The zero-order chi connectivity index (χ0) is 20.0. The Labute approximate surface area is 165 Å². The van der Waals surface area contributed by atoms with E-state index in [2.05, 4.69) is 31.3 Å². The topological polar surface area (TPSA) is 92.5 Å². The van der Waals surface area contributed by atoms with Crippen LogP contribution in [-0.2, 0) is 14.4 Å². The number of rotatable bonds is 7. The molecule has 3 N–H and O–H groups in total. The second kappa shape index (κ2) is 9.78. The number of amides is 3. The molecule has 3 amide bonds. The minimum absolute atomic E-state index is 0.151. The average Bonchev–Trinajstić information content (AvgIpc) is 2.64. The Morgan fingerprint density at radius 2 is 1.93 bits per heavy atom. The molecule has 2 atom stereocenters.